The van der Waals surface area contributed by atoms with Crippen LogP contribution in [0.5, 0.6) is 0 Å². The van der Waals surface area contributed by atoms with Crippen molar-refractivity contribution in [3.63, 3.8) is 0 Å². The summed E-state index contributed by atoms with van der Waals surface area (Å²) in [5.41, 5.74) is 7.07. The van der Waals surface area contributed by atoms with E-state index in [1.807, 2.05) is 24.4 Å². The zero-order valence-electron chi connectivity index (χ0n) is 16.8. The average molecular weight is 426 g/mol. The molecule has 1 saturated heterocycles. The number of benzene rings is 1. The number of hydrogen-bond acceptors (Lipinski definition) is 3. The number of urea groups is 1. The molecular formula is C23H24ClN3O3. The van der Waals surface area contributed by atoms with Gasteiger partial charge < -0.3 is 15.3 Å². The molecule has 1 unspecified atom stereocenters. The Morgan fingerprint density at radius 1 is 1.13 bits per heavy atom. The summed E-state index contributed by atoms with van der Waals surface area (Å²) < 4.78 is 0. The van der Waals surface area contributed by atoms with Gasteiger partial charge in [0.25, 0.3) is 0 Å². The molecule has 1 atom stereocenters. The van der Waals surface area contributed by atoms with Gasteiger partial charge in [0.2, 0.25) is 0 Å². The zero-order chi connectivity index (χ0) is 21.3. The summed E-state index contributed by atoms with van der Waals surface area (Å²) in [4.78, 5) is 29.8. The third-order valence-electron chi connectivity index (χ3n) is 5.85. The Hall–Kier alpha value is -2.86. The first kappa shape index (κ1) is 20.4. The molecule has 4 rings (SSSR count). The van der Waals surface area contributed by atoms with Gasteiger partial charge in [-0.05, 0) is 67.5 Å². The standard InChI is InChI=1S/C23H24ClN3O3/c1-14(22(28)29)26-23(30)27-11-8-15(9-12-27)20-19-7-6-18(24)13-17(19)5-4-16-3-2-10-25-21(16)20/h2-3,6-7,10,13-14H,4-5,8-9,11-12H2,1H3,(H,26,30)(H,28,29). The van der Waals surface area contributed by atoms with E-state index in [1.54, 1.807) is 4.90 Å². The van der Waals surface area contributed by atoms with Gasteiger partial charge in [0.05, 0.1) is 5.69 Å². The number of fused-ring (bicyclic) bond motifs is 2. The molecule has 30 heavy (non-hydrogen) atoms. The minimum atomic E-state index is -1.04. The molecule has 2 heterocycles. The number of pyridine rings is 1. The van der Waals surface area contributed by atoms with Crippen molar-refractivity contribution in [3.05, 3.63) is 69.5 Å². The first-order valence-corrected chi connectivity index (χ1v) is 10.5. The Balaban J connectivity index is 1.65. The number of amides is 2. The van der Waals surface area contributed by atoms with E-state index >= 15 is 0 Å². The minimum absolute atomic E-state index is 0.333. The van der Waals surface area contributed by atoms with Crippen molar-refractivity contribution in [2.75, 3.05) is 13.1 Å². The lowest BCUT2D eigenvalue weighted by Gasteiger charge is -2.31. The fraction of sp³-hybridized carbons (Fsp3) is 0.348. The summed E-state index contributed by atoms with van der Waals surface area (Å²) in [6.45, 7) is 2.55. The van der Waals surface area contributed by atoms with Gasteiger partial charge in [-0.15, -0.1) is 0 Å². The molecule has 0 spiro atoms. The second-order valence-electron chi connectivity index (χ2n) is 7.79. The molecule has 2 amide bonds. The van der Waals surface area contributed by atoms with Crippen molar-refractivity contribution >= 4 is 29.2 Å². The minimum Gasteiger partial charge on any atom is -0.480 e. The quantitative estimate of drug-likeness (QED) is 0.764. The maximum atomic E-state index is 12.4. The smallest absolute Gasteiger partial charge is 0.325 e. The van der Waals surface area contributed by atoms with Crippen LogP contribution in [0.3, 0.4) is 0 Å². The predicted octanol–water partition coefficient (Wildman–Crippen LogP) is 3.91. The lowest BCUT2D eigenvalue weighted by molar-refractivity contribution is -0.138. The number of carbonyl (C=O) groups is 2. The van der Waals surface area contributed by atoms with E-state index in [1.165, 1.54) is 29.2 Å². The van der Waals surface area contributed by atoms with Crippen LogP contribution < -0.4 is 5.32 Å². The van der Waals surface area contributed by atoms with Crippen LogP contribution in [0.15, 0.2) is 42.1 Å². The fourth-order valence-electron chi connectivity index (χ4n) is 4.20. The Labute approximate surface area is 180 Å². The summed E-state index contributed by atoms with van der Waals surface area (Å²) in [7, 11) is 0. The van der Waals surface area contributed by atoms with Crippen molar-refractivity contribution in [1.29, 1.82) is 0 Å². The Morgan fingerprint density at radius 2 is 1.87 bits per heavy atom. The molecule has 1 aromatic carbocycles. The Bertz CT molecular complexity index is 1020. The number of aliphatic carboxylic acids is 1. The number of likely N-dealkylation sites (tertiary alicyclic amines) is 1. The summed E-state index contributed by atoms with van der Waals surface area (Å²) in [5, 5.41) is 12.3. The number of aromatic nitrogens is 1. The van der Waals surface area contributed by atoms with Crippen molar-refractivity contribution in [1.82, 2.24) is 15.2 Å². The van der Waals surface area contributed by atoms with E-state index in [4.69, 9.17) is 21.7 Å². The van der Waals surface area contributed by atoms with Crippen LogP contribution in [0, 0.1) is 0 Å². The van der Waals surface area contributed by atoms with E-state index in [0.717, 1.165) is 42.0 Å². The summed E-state index contributed by atoms with van der Waals surface area (Å²) in [6, 6.07) is 8.90. The number of carbonyl (C=O) groups excluding carboxylic acids is 1. The monoisotopic (exact) mass is 425 g/mol. The lowest BCUT2D eigenvalue weighted by Crippen LogP contribution is -2.48. The summed E-state index contributed by atoms with van der Waals surface area (Å²) >= 11 is 6.27. The molecule has 0 bridgehead atoms. The van der Waals surface area contributed by atoms with Crippen molar-refractivity contribution in [2.24, 2.45) is 0 Å². The van der Waals surface area contributed by atoms with Crippen LogP contribution in [0.2, 0.25) is 5.02 Å². The number of nitrogens with zero attached hydrogens (tertiary/aromatic N) is 2. The number of piperidine rings is 1. The van der Waals surface area contributed by atoms with Gasteiger partial charge in [-0.3, -0.25) is 9.78 Å². The van der Waals surface area contributed by atoms with Gasteiger partial charge >= 0.3 is 12.0 Å². The highest BCUT2D eigenvalue weighted by molar-refractivity contribution is 6.30. The highest BCUT2D eigenvalue weighted by atomic mass is 35.5. The van der Waals surface area contributed by atoms with Crippen LogP contribution >= 0.6 is 11.6 Å². The second-order valence-corrected chi connectivity index (χ2v) is 8.22. The van der Waals surface area contributed by atoms with Gasteiger partial charge in [0.1, 0.15) is 6.04 Å². The predicted molar refractivity (Wildman–Crippen MR) is 116 cm³/mol. The van der Waals surface area contributed by atoms with Gasteiger partial charge in [-0.2, -0.15) is 0 Å². The van der Waals surface area contributed by atoms with Gasteiger partial charge in [0.15, 0.2) is 0 Å². The number of hydrogen-bond donors (Lipinski definition) is 2. The van der Waals surface area contributed by atoms with E-state index in [0.29, 0.717) is 13.1 Å². The molecule has 2 aliphatic rings. The van der Waals surface area contributed by atoms with Gasteiger partial charge in [-0.1, -0.05) is 29.3 Å². The molecule has 1 aliphatic heterocycles. The molecular weight excluding hydrogens is 402 g/mol. The fourth-order valence-corrected chi connectivity index (χ4v) is 4.40. The van der Waals surface area contributed by atoms with Crippen LogP contribution in [-0.2, 0) is 17.6 Å². The first-order chi connectivity index (χ1) is 14.4. The number of aryl methyl sites for hydroxylation is 2. The Kier molecular flexibility index (Phi) is 5.77. The van der Waals surface area contributed by atoms with Crippen LogP contribution in [-0.4, -0.2) is 46.1 Å². The molecule has 156 valence electrons. The van der Waals surface area contributed by atoms with E-state index < -0.39 is 12.0 Å². The molecule has 6 nitrogen and oxygen atoms in total. The average Bonchev–Trinajstić information content (AvgIpc) is 2.90. The first-order valence-electron chi connectivity index (χ1n) is 10.2. The molecule has 1 fully saturated rings. The normalized spacial score (nSPS) is 16.9. The second kappa shape index (κ2) is 8.48. The van der Waals surface area contributed by atoms with Crippen molar-refractivity contribution in [2.45, 2.75) is 38.6 Å². The third kappa shape index (κ3) is 4.05. The number of nitrogens with one attached hydrogen (secondary N) is 1. The summed E-state index contributed by atoms with van der Waals surface area (Å²) in [6.07, 6.45) is 5.10. The molecule has 1 aromatic heterocycles. The van der Waals surface area contributed by atoms with Crippen molar-refractivity contribution in [3.8, 4) is 0 Å². The van der Waals surface area contributed by atoms with E-state index in [9.17, 15) is 9.59 Å². The third-order valence-corrected chi connectivity index (χ3v) is 6.08. The van der Waals surface area contributed by atoms with E-state index in [2.05, 4.69) is 17.4 Å². The van der Waals surface area contributed by atoms with Gasteiger partial charge in [-0.25, -0.2) is 4.79 Å². The highest BCUT2D eigenvalue weighted by Crippen LogP contribution is 2.38. The highest BCUT2D eigenvalue weighted by Gasteiger charge is 2.27. The molecule has 0 radical (unpaired) electrons. The van der Waals surface area contributed by atoms with Crippen LogP contribution in [0.25, 0.3) is 5.57 Å². The largest absolute Gasteiger partial charge is 0.480 e. The van der Waals surface area contributed by atoms with E-state index in [-0.39, 0.29) is 6.03 Å². The van der Waals surface area contributed by atoms with Crippen molar-refractivity contribution < 1.29 is 14.7 Å². The van der Waals surface area contributed by atoms with Crippen LogP contribution in [0.1, 0.15) is 42.1 Å². The maximum Gasteiger partial charge on any atom is 0.325 e. The molecule has 7 heteroatoms. The molecule has 0 saturated carbocycles. The topological polar surface area (TPSA) is 82.5 Å². The Morgan fingerprint density at radius 3 is 2.60 bits per heavy atom. The maximum absolute atomic E-state index is 12.4. The van der Waals surface area contributed by atoms with Gasteiger partial charge in [0, 0.05) is 29.9 Å². The number of carboxylic acid groups (broad SMARTS) is 1. The number of carboxylic acids is 1. The lowest BCUT2D eigenvalue weighted by atomic mass is 9.88. The molecule has 2 aromatic rings. The SMILES string of the molecule is CC(NC(=O)N1CCC(=C2c3ccc(Cl)cc3CCc3cccnc32)CC1)C(=O)O. The summed E-state index contributed by atoms with van der Waals surface area (Å²) in [5.74, 6) is -1.04. The van der Waals surface area contributed by atoms with Crippen LogP contribution in [0.4, 0.5) is 4.79 Å². The molecule has 1 aliphatic carbocycles. The number of halogens is 1. The molecule has 2 N–H and O–H groups in total. The number of rotatable bonds is 2. The zero-order valence-corrected chi connectivity index (χ0v) is 17.6.